The lowest BCUT2D eigenvalue weighted by molar-refractivity contribution is -0.137. The average molecular weight is 551 g/mol. The summed E-state index contributed by atoms with van der Waals surface area (Å²) in [5.74, 6) is -1.43. The molecule has 0 aliphatic heterocycles. The fourth-order valence-electron chi connectivity index (χ4n) is 3.49. The predicted molar refractivity (Wildman–Crippen MR) is 135 cm³/mol. The van der Waals surface area contributed by atoms with Gasteiger partial charge in [0.05, 0.1) is 30.5 Å². The van der Waals surface area contributed by atoms with E-state index in [4.69, 9.17) is 9.47 Å². The van der Waals surface area contributed by atoms with Crippen molar-refractivity contribution < 1.29 is 40.7 Å². The summed E-state index contributed by atoms with van der Waals surface area (Å²) in [5, 5.41) is 2.50. The fourth-order valence-corrected chi connectivity index (χ4v) is 5.15. The molecule has 0 saturated carbocycles. The van der Waals surface area contributed by atoms with Gasteiger partial charge in [0.1, 0.15) is 17.2 Å². The molecular weight excluding hydrogens is 525 g/mol. The van der Waals surface area contributed by atoms with E-state index in [0.29, 0.717) is 15.9 Å². The molecule has 38 heavy (non-hydrogen) atoms. The van der Waals surface area contributed by atoms with Gasteiger partial charge in [0.2, 0.25) is 5.91 Å². The molecule has 202 valence electrons. The van der Waals surface area contributed by atoms with Crippen LogP contribution >= 0.6 is 0 Å². The van der Waals surface area contributed by atoms with Gasteiger partial charge in [-0.15, -0.1) is 0 Å². The molecular formula is C26H25F3N2O6S. The van der Waals surface area contributed by atoms with Gasteiger partial charge in [-0.05, 0) is 74.0 Å². The Morgan fingerprint density at radius 3 is 2.29 bits per heavy atom. The van der Waals surface area contributed by atoms with Crippen molar-refractivity contribution in [1.29, 1.82) is 0 Å². The number of halogens is 3. The Kier molecular flexibility index (Phi) is 8.67. The summed E-state index contributed by atoms with van der Waals surface area (Å²) < 4.78 is 78.3. The Balaban J connectivity index is 1.99. The van der Waals surface area contributed by atoms with Crippen LogP contribution in [0.1, 0.15) is 28.4 Å². The van der Waals surface area contributed by atoms with Crippen molar-refractivity contribution in [2.24, 2.45) is 0 Å². The molecule has 1 N–H and O–H groups in total. The highest BCUT2D eigenvalue weighted by atomic mass is 32.2. The molecule has 0 aromatic heterocycles. The highest BCUT2D eigenvalue weighted by molar-refractivity contribution is 7.93. The van der Waals surface area contributed by atoms with E-state index < -0.39 is 40.2 Å². The third-order valence-electron chi connectivity index (χ3n) is 5.32. The largest absolute Gasteiger partial charge is 0.495 e. The van der Waals surface area contributed by atoms with Crippen LogP contribution in [-0.4, -0.2) is 40.6 Å². The molecule has 8 nitrogen and oxygen atoms in total. The van der Waals surface area contributed by atoms with Crippen molar-refractivity contribution in [3.63, 3.8) is 0 Å². The number of anilines is 2. The lowest BCUT2D eigenvalue weighted by Gasteiger charge is -2.26. The molecule has 0 spiro atoms. The number of amides is 1. The number of rotatable bonds is 9. The van der Waals surface area contributed by atoms with Crippen LogP contribution in [0, 0.1) is 6.92 Å². The molecule has 0 saturated heterocycles. The van der Waals surface area contributed by atoms with Crippen LogP contribution < -0.4 is 14.4 Å². The number of nitrogens with one attached hydrogen (secondary N) is 1. The molecule has 3 aromatic carbocycles. The van der Waals surface area contributed by atoms with Crippen molar-refractivity contribution in [3.8, 4) is 5.75 Å². The van der Waals surface area contributed by atoms with E-state index in [1.807, 2.05) is 0 Å². The van der Waals surface area contributed by atoms with Crippen molar-refractivity contribution in [1.82, 2.24) is 0 Å². The van der Waals surface area contributed by atoms with Crippen LogP contribution in [0.3, 0.4) is 0 Å². The van der Waals surface area contributed by atoms with Crippen molar-refractivity contribution in [3.05, 3.63) is 83.4 Å². The minimum Gasteiger partial charge on any atom is -0.495 e. The first-order chi connectivity index (χ1) is 17.9. The number of hydrogen-bond acceptors (Lipinski definition) is 6. The minimum absolute atomic E-state index is 0.0393. The second-order valence-electron chi connectivity index (χ2n) is 8.06. The molecule has 0 radical (unpaired) electrons. The third-order valence-corrected chi connectivity index (χ3v) is 7.11. The normalized spacial score (nSPS) is 11.5. The van der Waals surface area contributed by atoms with Crippen LogP contribution in [0.2, 0.25) is 0 Å². The molecule has 0 aliphatic rings. The van der Waals surface area contributed by atoms with Crippen LogP contribution in [0.5, 0.6) is 5.75 Å². The second-order valence-corrected chi connectivity index (χ2v) is 9.89. The quantitative estimate of drug-likeness (QED) is 0.375. The lowest BCUT2D eigenvalue weighted by atomic mass is 10.2. The zero-order valence-corrected chi connectivity index (χ0v) is 21.5. The first kappa shape index (κ1) is 28.5. The molecule has 3 aromatic rings. The molecule has 12 heteroatoms. The monoisotopic (exact) mass is 550 g/mol. The molecule has 0 unspecified atom stereocenters. The zero-order valence-electron chi connectivity index (χ0n) is 20.7. The standard InChI is InChI=1S/C26H25F3N2O6S/c1-4-37-25(33)18-9-11-20(12-10-18)30-24(32)16-31(21-7-5-6-19(15-21)26(27,28)29)38(34,35)23-14-17(2)8-13-22(23)36-3/h5-15H,4,16H2,1-3H3,(H,30,32). The van der Waals surface area contributed by atoms with E-state index in [9.17, 15) is 31.2 Å². The molecule has 0 heterocycles. The number of benzene rings is 3. The maximum absolute atomic E-state index is 13.7. The number of nitrogens with zero attached hydrogens (tertiary/aromatic N) is 1. The van der Waals surface area contributed by atoms with Crippen LogP contribution in [-0.2, 0) is 25.7 Å². The molecule has 1 amide bonds. The molecule has 0 aliphatic carbocycles. The Morgan fingerprint density at radius 2 is 1.68 bits per heavy atom. The predicted octanol–water partition coefficient (Wildman–Crippen LogP) is 5.03. The molecule has 0 fully saturated rings. The number of esters is 1. The minimum atomic E-state index is -4.74. The summed E-state index contributed by atoms with van der Waals surface area (Å²) in [6.45, 7) is 2.63. The number of hydrogen-bond donors (Lipinski definition) is 1. The van der Waals surface area contributed by atoms with Gasteiger partial charge in [-0.2, -0.15) is 13.2 Å². The number of aryl methyl sites for hydroxylation is 1. The smallest absolute Gasteiger partial charge is 0.416 e. The Morgan fingerprint density at radius 1 is 1.00 bits per heavy atom. The summed E-state index contributed by atoms with van der Waals surface area (Å²) >= 11 is 0. The van der Waals surface area contributed by atoms with Crippen molar-refractivity contribution in [2.75, 3.05) is 29.9 Å². The van der Waals surface area contributed by atoms with Gasteiger partial charge in [0.25, 0.3) is 10.0 Å². The molecule has 3 rings (SSSR count). The van der Waals surface area contributed by atoms with Gasteiger partial charge in [-0.25, -0.2) is 13.2 Å². The van der Waals surface area contributed by atoms with Crippen LogP contribution in [0.25, 0.3) is 0 Å². The van der Waals surface area contributed by atoms with Crippen LogP contribution in [0.15, 0.2) is 71.6 Å². The number of methoxy groups -OCH3 is 1. The van der Waals surface area contributed by atoms with E-state index in [-0.39, 0.29) is 34.2 Å². The lowest BCUT2D eigenvalue weighted by Crippen LogP contribution is -2.38. The molecule has 0 bridgehead atoms. The van der Waals surface area contributed by atoms with Gasteiger partial charge in [-0.3, -0.25) is 9.10 Å². The van der Waals surface area contributed by atoms with E-state index in [0.717, 1.165) is 18.2 Å². The number of carbonyl (C=O) groups is 2. The van der Waals surface area contributed by atoms with Gasteiger partial charge < -0.3 is 14.8 Å². The molecule has 0 atom stereocenters. The third kappa shape index (κ3) is 6.62. The highest BCUT2D eigenvalue weighted by Crippen LogP contribution is 2.35. The van der Waals surface area contributed by atoms with Crippen molar-refractivity contribution >= 4 is 33.3 Å². The summed E-state index contributed by atoms with van der Waals surface area (Å²) in [5.41, 5.74) is -0.417. The summed E-state index contributed by atoms with van der Waals surface area (Å²) in [6.07, 6.45) is -4.74. The summed E-state index contributed by atoms with van der Waals surface area (Å²) in [4.78, 5) is 24.4. The SMILES string of the molecule is CCOC(=O)c1ccc(NC(=O)CN(c2cccc(C(F)(F)F)c2)S(=O)(=O)c2cc(C)ccc2OC)cc1. The van der Waals surface area contributed by atoms with Gasteiger partial charge in [0.15, 0.2) is 0 Å². The topological polar surface area (TPSA) is 102 Å². The van der Waals surface area contributed by atoms with E-state index in [1.165, 1.54) is 43.5 Å². The first-order valence-corrected chi connectivity index (χ1v) is 12.7. The zero-order chi connectivity index (χ0) is 28.1. The number of sulfonamides is 1. The first-order valence-electron chi connectivity index (χ1n) is 11.3. The number of ether oxygens (including phenoxy) is 2. The van der Waals surface area contributed by atoms with Gasteiger partial charge in [-0.1, -0.05) is 12.1 Å². The van der Waals surface area contributed by atoms with E-state index >= 15 is 0 Å². The van der Waals surface area contributed by atoms with E-state index in [2.05, 4.69) is 5.32 Å². The van der Waals surface area contributed by atoms with Gasteiger partial charge in [0, 0.05) is 5.69 Å². The maximum Gasteiger partial charge on any atom is 0.416 e. The van der Waals surface area contributed by atoms with Crippen molar-refractivity contribution in [2.45, 2.75) is 24.9 Å². The number of alkyl halides is 3. The van der Waals surface area contributed by atoms with E-state index in [1.54, 1.807) is 19.9 Å². The number of carbonyl (C=O) groups excluding carboxylic acids is 2. The fraction of sp³-hybridized carbons (Fsp3) is 0.231. The Labute approximate surface area is 218 Å². The average Bonchev–Trinajstić information content (AvgIpc) is 2.87. The Hall–Kier alpha value is -4.06. The summed E-state index contributed by atoms with van der Waals surface area (Å²) in [6, 6.07) is 13.6. The Bertz CT molecular complexity index is 1420. The summed E-state index contributed by atoms with van der Waals surface area (Å²) in [7, 11) is -3.32. The maximum atomic E-state index is 13.7. The van der Waals surface area contributed by atoms with Gasteiger partial charge >= 0.3 is 12.1 Å². The second kappa shape index (κ2) is 11.5. The van der Waals surface area contributed by atoms with Crippen LogP contribution in [0.4, 0.5) is 24.5 Å². The highest BCUT2D eigenvalue weighted by Gasteiger charge is 2.34.